The fraction of sp³-hybridized carbons (Fsp3) is 0.526. The third-order valence-electron chi connectivity index (χ3n) is 4.86. The number of nitrogens with one attached hydrogen (secondary N) is 1. The summed E-state index contributed by atoms with van der Waals surface area (Å²) in [5.41, 5.74) is -0.0411. The number of anilines is 1. The Hall–Kier alpha value is -1.20. The van der Waals surface area contributed by atoms with Crippen LogP contribution in [-0.4, -0.2) is 50.1 Å². The molecule has 30 heavy (non-hydrogen) atoms. The van der Waals surface area contributed by atoms with E-state index >= 15 is 0 Å². The fourth-order valence-corrected chi connectivity index (χ4v) is 5.80. The molecule has 1 aliphatic carbocycles. The maximum Gasteiger partial charge on any atom is 0.335 e. The minimum absolute atomic E-state index is 0.0207. The van der Waals surface area contributed by atoms with Crippen LogP contribution in [0.2, 0.25) is 5.02 Å². The lowest BCUT2D eigenvalue weighted by atomic mass is 9.94. The highest BCUT2D eigenvalue weighted by atomic mass is 79.9. The first kappa shape index (κ1) is 23.5. The number of alkyl halides is 1. The van der Waals surface area contributed by atoms with Crippen molar-refractivity contribution in [2.45, 2.75) is 43.3 Å². The van der Waals surface area contributed by atoms with Crippen molar-refractivity contribution in [3.63, 3.8) is 0 Å². The number of benzene rings is 1. The molecule has 1 N–H and O–H groups in total. The lowest BCUT2D eigenvalue weighted by Gasteiger charge is -2.33. The number of hydrogen-bond donors (Lipinski definition) is 1. The summed E-state index contributed by atoms with van der Waals surface area (Å²) in [7, 11) is -4.10. The van der Waals surface area contributed by atoms with Gasteiger partial charge in [-0.15, -0.1) is 0 Å². The summed E-state index contributed by atoms with van der Waals surface area (Å²) in [5.74, 6) is -2.51. The molecule has 11 heteroatoms. The molecule has 3 atom stereocenters. The van der Waals surface area contributed by atoms with Gasteiger partial charge in [-0.2, -0.15) is 0 Å². The van der Waals surface area contributed by atoms with E-state index in [1.165, 1.54) is 12.1 Å². The average Bonchev–Trinajstić information content (AvgIpc) is 3.06. The van der Waals surface area contributed by atoms with Gasteiger partial charge in [0.2, 0.25) is 10.0 Å². The molecule has 3 unspecified atom stereocenters. The molecular weight excluding hydrogens is 505 g/mol. The lowest BCUT2D eigenvalue weighted by Crippen LogP contribution is -2.42. The van der Waals surface area contributed by atoms with E-state index in [1.54, 1.807) is 6.92 Å². The Morgan fingerprint density at radius 1 is 1.47 bits per heavy atom. The van der Waals surface area contributed by atoms with Gasteiger partial charge in [-0.25, -0.2) is 17.6 Å². The Bertz CT molecular complexity index is 943. The Labute approximate surface area is 188 Å². The summed E-state index contributed by atoms with van der Waals surface area (Å²) in [5, 5.41) is -0.566. The highest BCUT2D eigenvalue weighted by Crippen LogP contribution is 2.40. The highest BCUT2D eigenvalue weighted by Gasteiger charge is 2.48. The van der Waals surface area contributed by atoms with Gasteiger partial charge in [0.05, 0.1) is 35.6 Å². The van der Waals surface area contributed by atoms with Crippen molar-refractivity contribution in [3.05, 3.63) is 40.7 Å². The van der Waals surface area contributed by atoms with E-state index in [0.29, 0.717) is 6.61 Å². The van der Waals surface area contributed by atoms with Gasteiger partial charge in [0, 0.05) is 11.8 Å². The number of carbonyl (C=O) groups excluding carboxylic acids is 1. The minimum Gasteiger partial charge on any atom is -0.463 e. The molecule has 1 saturated heterocycles. The van der Waals surface area contributed by atoms with Crippen LogP contribution in [0, 0.1) is 5.82 Å². The normalized spacial score (nSPS) is 26.5. The van der Waals surface area contributed by atoms with Crippen LogP contribution in [0.15, 0.2) is 29.8 Å². The Morgan fingerprint density at radius 3 is 2.90 bits per heavy atom. The molecule has 1 aliphatic heterocycles. The molecule has 0 aromatic heterocycles. The van der Waals surface area contributed by atoms with Crippen LogP contribution < -0.4 is 4.72 Å². The minimum atomic E-state index is -4.10. The first-order valence-corrected chi connectivity index (χ1v) is 12.5. The van der Waals surface area contributed by atoms with E-state index in [1.807, 2.05) is 0 Å². The SMILES string of the molecule is CCOC(=O)C1=CC2(CCC1S(=O)(=O)Nc1ccc(F)cc1Cl)OCC(CCBr)O2. The van der Waals surface area contributed by atoms with E-state index in [9.17, 15) is 17.6 Å². The predicted molar refractivity (Wildman–Crippen MR) is 114 cm³/mol. The number of ether oxygens (including phenoxy) is 3. The average molecular weight is 527 g/mol. The molecule has 166 valence electrons. The van der Waals surface area contributed by atoms with Gasteiger partial charge < -0.3 is 14.2 Å². The van der Waals surface area contributed by atoms with Crippen LogP contribution in [0.25, 0.3) is 0 Å². The number of halogens is 3. The Balaban J connectivity index is 1.91. The van der Waals surface area contributed by atoms with Crippen molar-refractivity contribution in [3.8, 4) is 0 Å². The van der Waals surface area contributed by atoms with Crippen LogP contribution in [0.1, 0.15) is 26.2 Å². The van der Waals surface area contributed by atoms with Crippen LogP contribution in [-0.2, 0) is 29.0 Å². The number of rotatable bonds is 7. The molecule has 0 radical (unpaired) electrons. The summed E-state index contributed by atoms with van der Waals surface area (Å²) >= 11 is 9.31. The summed E-state index contributed by atoms with van der Waals surface area (Å²) in [4.78, 5) is 12.6. The third kappa shape index (κ3) is 5.16. The van der Waals surface area contributed by atoms with Crippen molar-refractivity contribution in [2.24, 2.45) is 0 Å². The van der Waals surface area contributed by atoms with Crippen LogP contribution in [0.3, 0.4) is 0 Å². The van der Waals surface area contributed by atoms with Gasteiger partial charge in [0.1, 0.15) is 11.1 Å². The molecular formula is C19H22BrClFNO6S. The van der Waals surface area contributed by atoms with Gasteiger partial charge in [-0.1, -0.05) is 27.5 Å². The smallest absolute Gasteiger partial charge is 0.335 e. The number of hydrogen-bond acceptors (Lipinski definition) is 6. The molecule has 0 amide bonds. The van der Waals surface area contributed by atoms with Crippen molar-refractivity contribution >= 4 is 49.2 Å². The fourth-order valence-electron chi connectivity index (χ4n) is 3.47. The number of sulfonamides is 1. The van der Waals surface area contributed by atoms with E-state index in [0.717, 1.165) is 23.9 Å². The standard InChI is InChI=1S/C19H22BrClFNO6S/c1-2-27-18(24)14-10-19(28-11-13(29-19)6-8-20)7-5-17(14)30(25,26)23-16-4-3-12(22)9-15(16)21/h3-4,9-10,13,17,23H,2,5-8,11H2,1H3. The lowest BCUT2D eigenvalue weighted by molar-refractivity contribution is -0.146. The van der Waals surface area contributed by atoms with Gasteiger partial charge in [-0.05, 0) is 44.0 Å². The molecule has 7 nitrogen and oxygen atoms in total. The molecule has 2 aliphatic rings. The quantitative estimate of drug-likeness (QED) is 0.430. The Morgan fingerprint density at radius 2 is 2.23 bits per heavy atom. The van der Waals surface area contributed by atoms with Gasteiger partial charge in [0.25, 0.3) is 0 Å². The van der Waals surface area contributed by atoms with Crippen LogP contribution in [0.4, 0.5) is 10.1 Å². The van der Waals surface area contributed by atoms with Crippen LogP contribution >= 0.6 is 27.5 Å². The van der Waals surface area contributed by atoms with Crippen molar-refractivity contribution in [1.29, 1.82) is 0 Å². The van der Waals surface area contributed by atoms with Gasteiger partial charge >= 0.3 is 5.97 Å². The largest absolute Gasteiger partial charge is 0.463 e. The molecule has 0 bridgehead atoms. The number of carbonyl (C=O) groups is 1. The van der Waals surface area contributed by atoms with Gasteiger partial charge in [0.15, 0.2) is 5.79 Å². The second kappa shape index (κ2) is 9.52. The van der Waals surface area contributed by atoms with Crippen LogP contribution in [0.5, 0.6) is 0 Å². The molecule has 1 aromatic carbocycles. The summed E-state index contributed by atoms with van der Waals surface area (Å²) in [6.45, 7) is 2.06. The zero-order valence-corrected chi connectivity index (χ0v) is 19.4. The second-order valence-electron chi connectivity index (χ2n) is 6.96. The zero-order chi connectivity index (χ0) is 21.9. The molecule has 1 aromatic rings. The summed E-state index contributed by atoms with van der Waals surface area (Å²) in [6, 6.07) is 3.31. The molecule has 1 fully saturated rings. The topological polar surface area (TPSA) is 90.9 Å². The van der Waals surface area contributed by atoms with Crippen molar-refractivity contribution in [1.82, 2.24) is 0 Å². The maximum atomic E-state index is 13.3. The van der Waals surface area contributed by atoms with Gasteiger partial charge in [-0.3, -0.25) is 4.72 Å². The maximum absolute atomic E-state index is 13.3. The van der Waals surface area contributed by atoms with Crippen molar-refractivity contribution in [2.75, 3.05) is 23.3 Å². The molecule has 1 heterocycles. The first-order chi connectivity index (χ1) is 14.2. The third-order valence-corrected chi connectivity index (χ3v) is 7.37. The van der Waals surface area contributed by atoms with E-state index in [-0.39, 0.29) is 41.8 Å². The Kier molecular flexibility index (Phi) is 7.44. The second-order valence-corrected chi connectivity index (χ2v) is 10.0. The van der Waals surface area contributed by atoms with Crippen molar-refractivity contribution < 1.29 is 31.8 Å². The van der Waals surface area contributed by atoms with E-state index in [2.05, 4.69) is 20.7 Å². The summed E-state index contributed by atoms with van der Waals surface area (Å²) < 4.78 is 58.7. The summed E-state index contributed by atoms with van der Waals surface area (Å²) in [6.07, 6.45) is 2.29. The van der Waals surface area contributed by atoms with E-state index < -0.39 is 32.8 Å². The monoisotopic (exact) mass is 525 g/mol. The molecule has 3 rings (SSSR count). The molecule has 1 spiro atoms. The molecule has 0 saturated carbocycles. The zero-order valence-electron chi connectivity index (χ0n) is 16.2. The predicted octanol–water partition coefficient (Wildman–Crippen LogP) is 3.77. The number of esters is 1. The van der Waals surface area contributed by atoms with E-state index in [4.69, 9.17) is 25.8 Å². The highest BCUT2D eigenvalue weighted by molar-refractivity contribution is 9.09. The first-order valence-electron chi connectivity index (χ1n) is 9.44.